The monoisotopic (exact) mass is 217 g/mol. The molecule has 1 rings (SSSR count). The van der Waals surface area contributed by atoms with Gasteiger partial charge < -0.3 is 5.32 Å². The SMILES string of the molecule is CC(C)NCC(=O)c1ccc(Cl)s1. The molecule has 1 aromatic heterocycles. The van der Waals surface area contributed by atoms with Gasteiger partial charge in [0.05, 0.1) is 15.8 Å². The topological polar surface area (TPSA) is 29.1 Å². The van der Waals surface area contributed by atoms with E-state index in [1.165, 1.54) is 11.3 Å². The van der Waals surface area contributed by atoms with Gasteiger partial charge >= 0.3 is 0 Å². The molecule has 2 nitrogen and oxygen atoms in total. The number of halogens is 1. The normalized spacial score (nSPS) is 10.8. The van der Waals surface area contributed by atoms with E-state index in [0.29, 0.717) is 16.9 Å². The third-order valence-corrected chi connectivity index (χ3v) is 2.79. The Morgan fingerprint density at radius 2 is 2.31 bits per heavy atom. The van der Waals surface area contributed by atoms with Crippen LogP contribution < -0.4 is 5.32 Å². The smallest absolute Gasteiger partial charge is 0.186 e. The Morgan fingerprint density at radius 3 is 2.77 bits per heavy atom. The quantitative estimate of drug-likeness (QED) is 0.786. The molecule has 0 aliphatic carbocycles. The van der Waals surface area contributed by atoms with Crippen molar-refractivity contribution >= 4 is 28.7 Å². The van der Waals surface area contributed by atoms with E-state index in [4.69, 9.17) is 11.6 Å². The summed E-state index contributed by atoms with van der Waals surface area (Å²) in [4.78, 5) is 12.2. The lowest BCUT2D eigenvalue weighted by Crippen LogP contribution is -2.28. The summed E-state index contributed by atoms with van der Waals surface area (Å²) < 4.78 is 0.660. The summed E-state index contributed by atoms with van der Waals surface area (Å²) in [5.41, 5.74) is 0. The first-order chi connectivity index (χ1) is 6.09. The van der Waals surface area contributed by atoms with Gasteiger partial charge in [-0.2, -0.15) is 0 Å². The van der Waals surface area contributed by atoms with Crippen LogP contribution in [0.5, 0.6) is 0 Å². The van der Waals surface area contributed by atoms with Crippen molar-refractivity contribution in [2.24, 2.45) is 0 Å². The van der Waals surface area contributed by atoms with Crippen molar-refractivity contribution in [3.63, 3.8) is 0 Å². The van der Waals surface area contributed by atoms with Crippen LogP contribution in [0.4, 0.5) is 0 Å². The second kappa shape index (κ2) is 4.74. The van der Waals surface area contributed by atoms with Crippen molar-refractivity contribution in [3.05, 3.63) is 21.3 Å². The maximum atomic E-state index is 11.5. The molecule has 1 heterocycles. The van der Waals surface area contributed by atoms with Crippen molar-refractivity contribution in [3.8, 4) is 0 Å². The van der Waals surface area contributed by atoms with Gasteiger partial charge in [0, 0.05) is 6.04 Å². The van der Waals surface area contributed by atoms with Crippen LogP contribution in [0.25, 0.3) is 0 Å². The van der Waals surface area contributed by atoms with Gasteiger partial charge in [0.2, 0.25) is 0 Å². The Hall–Kier alpha value is -0.380. The van der Waals surface area contributed by atoms with Gasteiger partial charge in [-0.15, -0.1) is 11.3 Å². The van der Waals surface area contributed by atoms with E-state index >= 15 is 0 Å². The summed E-state index contributed by atoms with van der Waals surface area (Å²) in [7, 11) is 0. The van der Waals surface area contributed by atoms with Crippen LogP contribution >= 0.6 is 22.9 Å². The lowest BCUT2D eigenvalue weighted by atomic mass is 10.3. The summed E-state index contributed by atoms with van der Waals surface area (Å²) in [6.07, 6.45) is 0. The van der Waals surface area contributed by atoms with Crippen molar-refractivity contribution in [2.45, 2.75) is 19.9 Å². The van der Waals surface area contributed by atoms with E-state index in [1.54, 1.807) is 12.1 Å². The first kappa shape index (κ1) is 10.7. The molecule has 1 N–H and O–H groups in total. The Kier molecular flexibility index (Phi) is 3.90. The van der Waals surface area contributed by atoms with E-state index in [0.717, 1.165) is 4.88 Å². The molecular weight excluding hydrogens is 206 g/mol. The highest BCUT2D eigenvalue weighted by Crippen LogP contribution is 2.21. The summed E-state index contributed by atoms with van der Waals surface area (Å²) in [6, 6.07) is 3.84. The van der Waals surface area contributed by atoms with E-state index < -0.39 is 0 Å². The Bertz CT molecular complexity index is 296. The van der Waals surface area contributed by atoms with Gasteiger partial charge in [-0.25, -0.2) is 0 Å². The van der Waals surface area contributed by atoms with Crippen LogP contribution in [0.2, 0.25) is 4.34 Å². The van der Waals surface area contributed by atoms with Crippen LogP contribution in [0.1, 0.15) is 23.5 Å². The van der Waals surface area contributed by atoms with Gasteiger partial charge in [-0.3, -0.25) is 4.79 Å². The minimum Gasteiger partial charge on any atom is -0.307 e. The van der Waals surface area contributed by atoms with Gasteiger partial charge in [0.1, 0.15) is 0 Å². The molecule has 4 heteroatoms. The summed E-state index contributed by atoms with van der Waals surface area (Å²) in [5, 5.41) is 3.07. The van der Waals surface area contributed by atoms with Crippen LogP contribution in [-0.2, 0) is 0 Å². The largest absolute Gasteiger partial charge is 0.307 e. The molecule has 0 aromatic carbocycles. The predicted molar refractivity (Wildman–Crippen MR) is 56.8 cm³/mol. The minimum atomic E-state index is 0.102. The van der Waals surface area contributed by atoms with Crippen molar-refractivity contribution < 1.29 is 4.79 Å². The summed E-state index contributed by atoms with van der Waals surface area (Å²) in [5.74, 6) is 0.102. The fourth-order valence-electron chi connectivity index (χ4n) is 0.848. The molecule has 0 saturated heterocycles. The van der Waals surface area contributed by atoms with Crippen molar-refractivity contribution in [1.82, 2.24) is 5.32 Å². The van der Waals surface area contributed by atoms with E-state index in [9.17, 15) is 4.79 Å². The lowest BCUT2D eigenvalue weighted by molar-refractivity contribution is 0.0992. The first-order valence-electron chi connectivity index (χ1n) is 4.11. The number of carbonyl (C=O) groups excluding carboxylic acids is 1. The molecule has 0 spiro atoms. The second-order valence-electron chi connectivity index (χ2n) is 3.06. The highest BCUT2D eigenvalue weighted by Gasteiger charge is 2.08. The zero-order chi connectivity index (χ0) is 9.84. The molecule has 0 fully saturated rings. The average Bonchev–Trinajstić information content (AvgIpc) is 2.47. The van der Waals surface area contributed by atoms with Gasteiger partial charge in [0.15, 0.2) is 5.78 Å². The highest BCUT2D eigenvalue weighted by atomic mass is 35.5. The second-order valence-corrected chi connectivity index (χ2v) is 4.78. The molecule has 1 aromatic rings. The van der Waals surface area contributed by atoms with E-state index in [1.807, 2.05) is 13.8 Å². The molecule has 0 aliphatic rings. The molecule has 0 amide bonds. The molecule has 0 bridgehead atoms. The van der Waals surface area contributed by atoms with Crippen molar-refractivity contribution in [2.75, 3.05) is 6.54 Å². The molecule has 13 heavy (non-hydrogen) atoms. The Balaban J connectivity index is 2.49. The third-order valence-electron chi connectivity index (χ3n) is 1.52. The number of carbonyl (C=O) groups is 1. The minimum absolute atomic E-state index is 0.102. The highest BCUT2D eigenvalue weighted by molar-refractivity contribution is 7.18. The molecule has 0 unspecified atom stereocenters. The first-order valence-corrected chi connectivity index (χ1v) is 5.31. The van der Waals surface area contributed by atoms with E-state index in [2.05, 4.69) is 5.32 Å². The molecule has 0 aliphatic heterocycles. The van der Waals surface area contributed by atoms with Crippen molar-refractivity contribution in [1.29, 1.82) is 0 Å². The number of hydrogen-bond acceptors (Lipinski definition) is 3. The molecular formula is C9H12ClNOS. The fraction of sp³-hybridized carbons (Fsp3) is 0.444. The van der Waals surface area contributed by atoms with Gasteiger partial charge in [-0.05, 0) is 12.1 Å². The van der Waals surface area contributed by atoms with E-state index in [-0.39, 0.29) is 5.78 Å². The molecule has 0 saturated carbocycles. The predicted octanol–water partition coefficient (Wildman–Crippen LogP) is 2.58. The zero-order valence-electron chi connectivity index (χ0n) is 7.63. The van der Waals surface area contributed by atoms with Gasteiger partial charge in [-0.1, -0.05) is 25.4 Å². The average molecular weight is 218 g/mol. The summed E-state index contributed by atoms with van der Waals surface area (Å²) >= 11 is 7.04. The van der Waals surface area contributed by atoms with Crippen LogP contribution in [0.3, 0.4) is 0 Å². The lowest BCUT2D eigenvalue weighted by Gasteiger charge is -2.05. The number of rotatable bonds is 4. The molecule has 0 atom stereocenters. The molecule has 72 valence electrons. The number of thiophene rings is 1. The maximum absolute atomic E-state index is 11.5. The Labute approximate surface area is 86.9 Å². The number of nitrogens with one attached hydrogen (secondary N) is 1. The fourth-order valence-corrected chi connectivity index (χ4v) is 1.83. The summed E-state index contributed by atoms with van der Waals surface area (Å²) in [6.45, 7) is 4.40. The van der Waals surface area contributed by atoms with Crippen LogP contribution in [0, 0.1) is 0 Å². The van der Waals surface area contributed by atoms with Gasteiger partial charge in [0.25, 0.3) is 0 Å². The third kappa shape index (κ3) is 3.46. The standard InChI is InChI=1S/C9H12ClNOS/c1-6(2)11-5-7(12)8-3-4-9(10)13-8/h3-4,6,11H,5H2,1-2H3. The molecule has 0 radical (unpaired) electrons. The number of hydrogen-bond donors (Lipinski definition) is 1. The number of Topliss-reactive ketones (excluding diaryl/α,β-unsaturated/α-hetero) is 1. The van der Waals surface area contributed by atoms with Crippen LogP contribution in [0.15, 0.2) is 12.1 Å². The number of ketones is 1. The maximum Gasteiger partial charge on any atom is 0.186 e. The van der Waals surface area contributed by atoms with Crippen LogP contribution in [-0.4, -0.2) is 18.4 Å². The Morgan fingerprint density at radius 1 is 1.62 bits per heavy atom. The zero-order valence-corrected chi connectivity index (χ0v) is 9.21.